The predicted octanol–water partition coefficient (Wildman–Crippen LogP) is 8.05. The number of hydrogen-bond acceptors (Lipinski definition) is 4. The third-order valence-electron chi connectivity index (χ3n) is 7.24. The quantitative estimate of drug-likeness (QED) is 0.268. The van der Waals surface area contributed by atoms with Gasteiger partial charge < -0.3 is 13.7 Å². The van der Waals surface area contributed by atoms with Crippen molar-refractivity contribution < 1.29 is 9.16 Å². The van der Waals surface area contributed by atoms with Crippen molar-refractivity contribution in [3.63, 3.8) is 0 Å². The molecule has 3 aromatic heterocycles. The summed E-state index contributed by atoms with van der Waals surface area (Å²) in [4.78, 5) is 9.80. The Morgan fingerprint density at radius 2 is 1.82 bits per heavy atom. The van der Waals surface area contributed by atoms with Gasteiger partial charge in [0.25, 0.3) is 0 Å². The zero-order chi connectivity index (χ0) is 25.4. The first-order valence-corrected chi connectivity index (χ1v) is 15.9. The van der Waals surface area contributed by atoms with Crippen LogP contribution in [-0.2, 0) is 11.5 Å². The third-order valence-corrected chi connectivity index (χ3v) is 12.3. The van der Waals surface area contributed by atoms with Gasteiger partial charge in [0.1, 0.15) is 5.65 Å². The Hall–Kier alpha value is -1.70. The van der Waals surface area contributed by atoms with Gasteiger partial charge in [-0.25, -0.2) is 9.97 Å². The summed E-state index contributed by atoms with van der Waals surface area (Å²) in [6.07, 6.45) is 3.23. The molecule has 0 aliphatic heterocycles. The van der Waals surface area contributed by atoms with Gasteiger partial charge in [0.15, 0.2) is 8.32 Å². The molecule has 3 rings (SSSR count). The monoisotopic (exact) mass is 545 g/mol. The second kappa shape index (κ2) is 10.1. The van der Waals surface area contributed by atoms with E-state index in [0.29, 0.717) is 17.7 Å². The minimum absolute atomic E-state index is 0.196. The molecule has 0 saturated heterocycles. The van der Waals surface area contributed by atoms with Gasteiger partial charge in [-0.3, -0.25) is 0 Å². The number of nitrogens with zero attached hydrogens (tertiary/aromatic N) is 3. The van der Waals surface area contributed by atoms with Crippen LogP contribution in [0.3, 0.4) is 0 Å². The molecule has 1 unspecified atom stereocenters. The maximum absolute atomic E-state index is 6.62. The number of fused-ring (bicyclic) bond motifs is 1. The molecule has 1 atom stereocenters. The number of methoxy groups -OCH3 is 1. The van der Waals surface area contributed by atoms with E-state index in [0.717, 1.165) is 45.5 Å². The van der Waals surface area contributed by atoms with E-state index in [1.165, 1.54) is 5.56 Å². The molecule has 5 nitrogen and oxygen atoms in total. The molecule has 7 heteroatoms. The Morgan fingerprint density at radius 3 is 2.38 bits per heavy atom. The number of pyridine rings is 2. The molecule has 0 spiro atoms. The van der Waals surface area contributed by atoms with Crippen molar-refractivity contribution in [1.29, 1.82) is 0 Å². The van der Waals surface area contributed by atoms with Gasteiger partial charge in [-0.2, -0.15) is 0 Å². The van der Waals surface area contributed by atoms with E-state index >= 15 is 0 Å². The first-order chi connectivity index (χ1) is 15.8. The van der Waals surface area contributed by atoms with Crippen molar-refractivity contribution >= 4 is 35.3 Å². The van der Waals surface area contributed by atoms with Crippen LogP contribution in [0.1, 0.15) is 71.1 Å². The van der Waals surface area contributed by atoms with Crippen LogP contribution >= 0.6 is 15.9 Å². The number of aromatic nitrogens is 3. The van der Waals surface area contributed by atoms with Crippen LogP contribution in [0.4, 0.5) is 0 Å². The molecule has 3 aromatic rings. The van der Waals surface area contributed by atoms with Crippen molar-refractivity contribution in [3.05, 3.63) is 40.1 Å². The zero-order valence-electron chi connectivity index (χ0n) is 22.4. The van der Waals surface area contributed by atoms with Gasteiger partial charge in [0.05, 0.1) is 18.4 Å². The van der Waals surface area contributed by atoms with Crippen molar-refractivity contribution in [2.75, 3.05) is 13.7 Å². The molecule has 0 fully saturated rings. The second-order valence-electron chi connectivity index (χ2n) is 11.0. The summed E-state index contributed by atoms with van der Waals surface area (Å²) in [7, 11) is 1.91. The summed E-state index contributed by atoms with van der Waals surface area (Å²) < 4.78 is 15.3. The van der Waals surface area contributed by atoms with E-state index in [2.05, 4.69) is 107 Å². The standard InChI is InChI=1S/C27H40BrN3O2Si/c1-11-18(16-33-34(9,10)27(4,5)6)21-15-31(7)25-20(21)14-22(28)24(30-25)19-12-13-23(17(2)3)29-26(19)32-8/h12-15,17-18H,11,16H2,1-10H3. The first-order valence-electron chi connectivity index (χ1n) is 12.1. The lowest BCUT2D eigenvalue weighted by Gasteiger charge is -2.37. The van der Waals surface area contributed by atoms with Gasteiger partial charge in [-0.1, -0.05) is 41.5 Å². The molecular formula is C27H40BrN3O2Si. The van der Waals surface area contributed by atoms with Crippen LogP contribution in [0.5, 0.6) is 5.88 Å². The van der Waals surface area contributed by atoms with E-state index in [1.807, 2.05) is 0 Å². The molecular weight excluding hydrogens is 506 g/mol. The molecule has 34 heavy (non-hydrogen) atoms. The topological polar surface area (TPSA) is 49.2 Å². The van der Waals surface area contributed by atoms with E-state index < -0.39 is 8.32 Å². The minimum atomic E-state index is -1.82. The molecule has 3 heterocycles. The van der Waals surface area contributed by atoms with Gasteiger partial charge in [0.2, 0.25) is 5.88 Å². The highest BCUT2D eigenvalue weighted by Crippen LogP contribution is 2.40. The highest BCUT2D eigenvalue weighted by molar-refractivity contribution is 9.10. The van der Waals surface area contributed by atoms with Crippen molar-refractivity contribution in [1.82, 2.24) is 14.5 Å². The molecule has 0 aromatic carbocycles. The maximum atomic E-state index is 6.62. The smallest absolute Gasteiger partial charge is 0.222 e. The van der Waals surface area contributed by atoms with Gasteiger partial charge in [-0.05, 0) is 70.2 Å². The lowest BCUT2D eigenvalue weighted by Crippen LogP contribution is -2.41. The number of rotatable bonds is 8. The fraction of sp³-hybridized carbons (Fsp3) is 0.556. The number of ether oxygens (including phenoxy) is 1. The average Bonchev–Trinajstić information content (AvgIpc) is 3.07. The first kappa shape index (κ1) is 26.9. The highest BCUT2D eigenvalue weighted by atomic mass is 79.9. The minimum Gasteiger partial charge on any atom is -0.480 e. The summed E-state index contributed by atoms with van der Waals surface area (Å²) in [5, 5.41) is 1.36. The average molecular weight is 547 g/mol. The Bertz CT molecular complexity index is 1160. The van der Waals surface area contributed by atoms with Crippen LogP contribution in [0, 0.1) is 0 Å². The Labute approximate surface area is 214 Å². The molecule has 0 saturated carbocycles. The van der Waals surface area contributed by atoms with E-state index in [9.17, 15) is 0 Å². The predicted molar refractivity (Wildman–Crippen MR) is 148 cm³/mol. The van der Waals surface area contributed by atoms with Crippen LogP contribution in [0.25, 0.3) is 22.3 Å². The van der Waals surface area contributed by atoms with Crippen molar-refractivity contribution in [3.8, 4) is 17.1 Å². The molecule has 0 aliphatic carbocycles. The summed E-state index contributed by atoms with van der Waals surface area (Å²) in [5.74, 6) is 1.25. The number of halogens is 1. The molecule has 0 bridgehead atoms. The van der Waals surface area contributed by atoms with Crippen molar-refractivity contribution in [2.45, 2.75) is 77.9 Å². The largest absolute Gasteiger partial charge is 0.480 e. The van der Waals surface area contributed by atoms with Gasteiger partial charge in [-0.15, -0.1) is 0 Å². The molecule has 0 N–H and O–H groups in total. The molecule has 0 radical (unpaired) electrons. The summed E-state index contributed by atoms with van der Waals surface area (Å²) >= 11 is 3.80. The van der Waals surface area contributed by atoms with Crippen molar-refractivity contribution in [2.24, 2.45) is 7.05 Å². The number of aryl methyl sites for hydroxylation is 1. The fourth-order valence-corrected chi connectivity index (χ4v) is 5.46. The Kier molecular flexibility index (Phi) is 8.00. The summed E-state index contributed by atoms with van der Waals surface area (Å²) in [5.41, 5.74) is 4.97. The van der Waals surface area contributed by atoms with E-state index in [4.69, 9.17) is 19.1 Å². The van der Waals surface area contributed by atoms with Crippen LogP contribution < -0.4 is 4.74 Å². The molecule has 0 amide bonds. The Balaban J connectivity index is 2.04. The van der Waals surface area contributed by atoms with Gasteiger partial charge >= 0.3 is 0 Å². The van der Waals surface area contributed by atoms with Gasteiger partial charge in [0, 0.05) is 41.3 Å². The lowest BCUT2D eigenvalue weighted by atomic mass is 9.97. The highest BCUT2D eigenvalue weighted by Gasteiger charge is 2.37. The van der Waals surface area contributed by atoms with Crippen LogP contribution in [0.2, 0.25) is 18.1 Å². The lowest BCUT2D eigenvalue weighted by molar-refractivity contribution is 0.260. The third kappa shape index (κ3) is 5.26. The van der Waals surface area contributed by atoms with E-state index in [1.54, 1.807) is 7.11 Å². The molecule has 186 valence electrons. The summed E-state index contributed by atoms with van der Waals surface area (Å²) in [6.45, 7) is 18.7. The SMILES string of the molecule is CCC(CO[Si](C)(C)C(C)(C)C)c1cn(C)c2nc(-c3ccc(C(C)C)nc3OC)c(Br)cc12. The Morgan fingerprint density at radius 1 is 1.15 bits per heavy atom. The summed E-state index contributed by atoms with van der Waals surface area (Å²) in [6, 6.07) is 6.31. The second-order valence-corrected chi connectivity index (χ2v) is 16.7. The zero-order valence-corrected chi connectivity index (χ0v) is 25.0. The molecule has 0 aliphatic rings. The number of hydrogen-bond donors (Lipinski definition) is 0. The fourth-order valence-electron chi connectivity index (χ4n) is 3.88. The van der Waals surface area contributed by atoms with Crippen LogP contribution in [-0.4, -0.2) is 36.6 Å². The van der Waals surface area contributed by atoms with Crippen LogP contribution in [0.15, 0.2) is 28.9 Å². The maximum Gasteiger partial charge on any atom is 0.222 e. The van der Waals surface area contributed by atoms with E-state index in [-0.39, 0.29) is 5.04 Å². The normalized spacial score (nSPS) is 13.6.